The highest BCUT2D eigenvalue weighted by Gasteiger charge is 2.32. The number of carbonyl (C=O) groups is 1. The predicted molar refractivity (Wildman–Crippen MR) is 150 cm³/mol. The van der Waals surface area contributed by atoms with E-state index in [1.165, 1.54) is 28.8 Å². The number of rotatable bonds is 7. The van der Waals surface area contributed by atoms with Crippen molar-refractivity contribution in [3.8, 4) is 0 Å². The minimum atomic E-state index is -0.392. The molecule has 4 aromatic rings. The molecular formula is C28H24FN7OS. The molecule has 2 heterocycles. The van der Waals surface area contributed by atoms with Gasteiger partial charge in [0.1, 0.15) is 17.3 Å². The van der Waals surface area contributed by atoms with Gasteiger partial charge in [0.05, 0.1) is 11.4 Å². The van der Waals surface area contributed by atoms with Crippen LogP contribution < -0.4 is 16.0 Å². The Morgan fingerprint density at radius 3 is 2.47 bits per heavy atom. The molecule has 8 nitrogen and oxygen atoms in total. The Labute approximate surface area is 223 Å². The molecule has 0 saturated carbocycles. The number of aromatic nitrogens is 3. The van der Waals surface area contributed by atoms with Crippen molar-refractivity contribution in [2.24, 2.45) is 4.99 Å². The highest BCUT2D eigenvalue weighted by Crippen LogP contribution is 2.31. The molecule has 3 N–H and O–H groups in total. The monoisotopic (exact) mass is 525 g/mol. The molecule has 0 spiro atoms. The van der Waals surface area contributed by atoms with Crippen LogP contribution >= 0.6 is 11.8 Å². The van der Waals surface area contributed by atoms with Gasteiger partial charge in [-0.15, -0.1) is 0 Å². The fourth-order valence-electron chi connectivity index (χ4n) is 3.88. The van der Waals surface area contributed by atoms with Gasteiger partial charge >= 0.3 is 0 Å². The molecule has 0 unspecified atom stereocenters. The average Bonchev–Trinajstić information content (AvgIpc) is 3.23. The average molecular weight is 526 g/mol. The maximum Gasteiger partial charge on any atom is 0.283 e. The van der Waals surface area contributed by atoms with E-state index in [2.05, 4.69) is 32.2 Å². The predicted octanol–water partition coefficient (Wildman–Crippen LogP) is 5.58. The molecule has 0 radical (unpaired) electrons. The SMILES string of the molecule is CCc1ccccc1Nc1nc(N)nc(CSC2=N/C(=C\c3ccccc3)C(=O)N2c2ccc(F)cc2)n1. The molecule has 1 aliphatic rings. The Hall–Kier alpha value is -4.57. The molecule has 38 heavy (non-hydrogen) atoms. The number of nitrogens with one attached hydrogen (secondary N) is 1. The van der Waals surface area contributed by atoms with Crippen molar-refractivity contribution in [1.82, 2.24) is 15.0 Å². The number of amidine groups is 1. The van der Waals surface area contributed by atoms with Crippen LogP contribution in [0.3, 0.4) is 0 Å². The van der Waals surface area contributed by atoms with E-state index in [0.717, 1.165) is 23.2 Å². The van der Waals surface area contributed by atoms with Crippen LogP contribution in [-0.4, -0.2) is 26.0 Å². The van der Waals surface area contributed by atoms with Crippen LogP contribution in [0.25, 0.3) is 6.08 Å². The quantitative estimate of drug-likeness (QED) is 0.303. The van der Waals surface area contributed by atoms with Gasteiger partial charge in [-0.1, -0.05) is 67.2 Å². The summed E-state index contributed by atoms with van der Waals surface area (Å²) in [5.41, 5.74) is 9.62. The van der Waals surface area contributed by atoms with Crippen LogP contribution in [0.4, 0.5) is 27.7 Å². The summed E-state index contributed by atoms with van der Waals surface area (Å²) in [7, 11) is 0. The Balaban J connectivity index is 1.41. The molecule has 1 aliphatic heterocycles. The zero-order valence-corrected chi connectivity index (χ0v) is 21.3. The molecule has 1 aromatic heterocycles. The molecule has 0 saturated heterocycles. The van der Waals surface area contributed by atoms with E-state index in [1.807, 2.05) is 54.6 Å². The smallest absolute Gasteiger partial charge is 0.283 e. The topological polar surface area (TPSA) is 109 Å². The Kier molecular flexibility index (Phi) is 7.41. The third-order valence-electron chi connectivity index (χ3n) is 5.69. The zero-order valence-electron chi connectivity index (χ0n) is 20.5. The second-order valence-corrected chi connectivity index (χ2v) is 9.25. The number of carbonyl (C=O) groups excluding carboxylic acids is 1. The third kappa shape index (κ3) is 5.70. The van der Waals surface area contributed by atoms with Crippen LogP contribution in [0.5, 0.6) is 0 Å². The van der Waals surface area contributed by atoms with E-state index in [0.29, 0.717) is 22.6 Å². The number of para-hydroxylation sites is 1. The lowest BCUT2D eigenvalue weighted by atomic mass is 10.1. The summed E-state index contributed by atoms with van der Waals surface area (Å²) in [4.78, 5) is 32.4. The minimum Gasteiger partial charge on any atom is -0.368 e. The molecule has 0 aliphatic carbocycles. The van der Waals surface area contributed by atoms with Crippen LogP contribution in [0, 0.1) is 5.82 Å². The van der Waals surface area contributed by atoms with Crippen molar-refractivity contribution in [1.29, 1.82) is 0 Å². The lowest BCUT2D eigenvalue weighted by Crippen LogP contribution is -2.30. The van der Waals surface area contributed by atoms with Crippen molar-refractivity contribution in [2.75, 3.05) is 16.0 Å². The standard InChI is InChI=1S/C28H24FN7OS/c1-2-19-10-6-7-11-22(19)31-27-34-24(33-26(30)35-27)17-38-28-32-23(16-18-8-4-3-5-9-18)25(37)36(28)21-14-12-20(29)13-15-21/h3-16H,2,17H2,1H3,(H3,30,31,33,34,35)/b23-16-. The maximum atomic E-state index is 13.6. The minimum absolute atomic E-state index is 0.0802. The Bertz CT molecular complexity index is 1520. The van der Waals surface area contributed by atoms with Gasteiger partial charge in [0.15, 0.2) is 5.17 Å². The first-order valence-electron chi connectivity index (χ1n) is 11.9. The van der Waals surface area contributed by atoms with E-state index < -0.39 is 5.82 Å². The first-order chi connectivity index (χ1) is 18.5. The summed E-state index contributed by atoms with van der Waals surface area (Å²) in [5.74, 6) is 0.413. The summed E-state index contributed by atoms with van der Waals surface area (Å²) in [6.07, 6.45) is 2.57. The number of nitrogen functional groups attached to an aromatic ring is 1. The second kappa shape index (κ2) is 11.2. The van der Waals surface area contributed by atoms with Crippen molar-refractivity contribution >= 4 is 52.2 Å². The van der Waals surface area contributed by atoms with Gasteiger partial charge < -0.3 is 11.1 Å². The first-order valence-corrected chi connectivity index (χ1v) is 12.9. The molecule has 5 rings (SSSR count). The number of nitrogens with zero attached hydrogens (tertiary/aromatic N) is 5. The third-order valence-corrected chi connectivity index (χ3v) is 6.63. The number of benzene rings is 3. The highest BCUT2D eigenvalue weighted by molar-refractivity contribution is 8.13. The Morgan fingerprint density at radius 1 is 0.974 bits per heavy atom. The second-order valence-electron chi connectivity index (χ2n) is 8.31. The summed E-state index contributed by atoms with van der Waals surface area (Å²) < 4.78 is 13.6. The van der Waals surface area contributed by atoms with Crippen molar-refractivity contribution in [2.45, 2.75) is 19.1 Å². The lowest BCUT2D eigenvalue weighted by Gasteiger charge is -2.17. The van der Waals surface area contributed by atoms with Gasteiger partial charge in [0, 0.05) is 5.69 Å². The fourth-order valence-corrected chi connectivity index (χ4v) is 4.74. The van der Waals surface area contributed by atoms with Crippen molar-refractivity contribution in [3.63, 3.8) is 0 Å². The molecule has 1 amide bonds. The number of thioether (sulfide) groups is 1. The first kappa shape index (κ1) is 25.1. The molecule has 3 aromatic carbocycles. The number of halogens is 1. The number of amides is 1. The number of anilines is 4. The van der Waals surface area contributed by atoms with Crippen molar-refractivity contribution in [3.05, 3.63) is 107 Å². The van der Waals surface area contributed by atoms with Gasteiger partial charge in [0.2, 0.25) is 11.9 Å². The largest absolute Gasteiger partial charge is 0.368 e. The van der Waals surface area contributed by atoms with Gasteiger partial charge in [0.25, 0.3) is 5.91 Å². The molecule has 0 atom stereocenters. The Morgan fingerprint density at radius 2 is 1.71 bits per heavy atom. The van der Waals surface area contributed by atoms with Gasteiger partial charge in [-0.25, -0.2) is 9.38 Å². The maximum absolute atomic E-state index is 13.6. The fraction of sp³-hybridized carbons (Fsp3) is 0.107. The number of hydrogen-bond donors (Lipinski definition) is 2. The highest BCUT2D eigenvalue weighted by atomic mass is 32.2. The summed E-state index contributed by atoms with van der Waals surface area (Å²) in [6, 6.07) is 23.1. The van der Waals surface area contributed by atoms with E-state index in [4.69, 9.17) is 5.73 Å². The van der Waals surface area contributed by atoms with Crippen LogP contribution in [-0.2, 0) is 17.0 Å². The summed E-state index contributed by atoms with van der Waals surface area (Å²) in [5, 5.41) is 3.65. The number of hydrogen-bond acceptors (Lipinski definition) is 8. The molecular weight excluding hydrogens is 501 g/mol. The van der Waals surface area contributed by atoms with Gasteiger partial charge in [-0.3, -0.25) is 9.69 Å². The number of nitrogens with two attached hydrogens (primary N) is 1. The van der Waals surface area contributed by atoms with Crippen LogP contribution in [0.1, 0.15) is 23.9 Å². The zero-order chi connectivity index (χ0) is 26.5. The van der Waals surface area contributed by atoms with Crippen LogP contribution in [0.15, 0.2) is 89.6 Å². The molecule has 190 valence electrons. The summed E-state index contributed by atoms with van der Waals surface area (Å²) in [6.45, 7) is 2.07. The number of aliphatic imine (C=N–C) groups is 1. The normalized spacial score (nSPS) is 14.2. The number of aryl methyl sites for hydroxylation is 1. The molecule has 0 fully saturated rings. The van der Waals surface area contributed by atoms with Gasteiger partial charge in [-0.2, -0.15) is 15.0 Å². The molecule has 10 heteroatoms. The van der Waals surface area contributed by atoms with E-state index >= 15 is 0 Å². The van der Waals surface area contributed by atoms with E-state index in [1.54, 1.807) is 18.2 Å². The van der Waals surface area contributed by atoms with E-state index in [9.17, 15) is 9.18 Å². The van der Waals surface area contributed by atoms with Crippen LogP contribution in [0.2, 0.25) is 0 Å². The summed E-state index contributed by atoms with van der Waals surface area (Å²) >= 11 is 1.28. The van der Waals surface area contributed by atoms with E-state index in [-0.39, 0.29) is 23.3 Å². The molecule has 0 bridgehead atoms. The lowest BCUT2D eigenvalue weighted by molar-refractivity contribution is -0.113. The van der Waals surface area contributed by atoms with Crippen molar-refractivity contribution < 1.29 is 9.18 Å². The van der Waals surface area contributed by atoms with Gasteiger partial charge in [-0.05, 0) is 54.0 Å².